The van der Waals surface area contributed by atoms with Gasteiger partial charge in [-0.15, -0.1) is 0 Å². The van der Waals surface area contributed by atoms with Gasteiger partial charge in [0.1, 0.15) is 17.5 Å². The fourth-order valence-electron chi connectivity index (χ4n) is 2.96. The minimum atomic E-state index is -0.536. The van der Waals surface area contributed by atoms with Crippen LogP contribution >= 0.6 is 0 Å². The highest BCUT2D eigenvalue weighted by molar-refractivity contribution is 6.07. The zero-order chi connectivity index (χ0) is 22.7. The highest BCUT2D eigenvalue weighted by Crippen LogP contribution is 2.17. The Hall–Kier alpha value is -4.01. The molecule has 2 aromatic heterocycles. The van der Waals surface area contributed by atoms with Crippen molar-refractivity contribution < 1.29 is 9.59 Å². The fraction of sp³-hybridized carbons (Fsp3) is 0.227. The number of hydrogen-bond donors (Lipinski definition) is 3. The van der Waals surface area contributed by atoms with E-state index in [9.17, 15) is 9.59 Å². The number of pyridine rings is 1. The predicted octanol–water partition coefficient (Wildman–Crippen LogP) is 3.42. The lowest BCUT2D eigenvalue weighted by molar-refractivity contribution is 0.102. The number of nitrogens with one attached hydrogen (secondary N) is 3. The van der Waals surface area contributed by atoms with Gasteiger partial charge in [-0.05, 0) is 50.1 Å². The van der Waals surface area contributed by atoms with Crippen LogP contribution in [0.15, 0.2) is 42.6 Å². The first-order chi connectivity index (χ1) is 14.7. The summed E-state index contributed by atoms with van der Waals surface area (Å²) in [5.41, 5.74) is 3.43. The zero-order valence-electron chi connectivity index (χ0n) is 18.1. The van der Waals surface area contributed by atoms with Crippen molar-refractivity contribution >= 4 is 29.4 Å². The predicted molar refractivity (Wildman–Crippen MR) is 120 cm³/mol. The quantitative estimate of drug-likeness (QED) is 0.443. The molecule has 160 valence electrons. The van der Waals surface area contributed by atoms with Gasteiger partial charge >= 0.3 is 6.03 Å². The largest absolute Gasteiger partial charge is 0.363 e. The van der Waals surface area contributed by atoms with E-state index >= 15 is 0 Å². The number of aromatic nitrogens is 3. The zero-order valence-corrected chi connectivity index (χ0v) is 18.1. The van der Waals surface area contributed by atoms with Gasteiger partial charge in [0.2, 0.25) is 0 Å². The lowest BCUT2D eigenvalue weighted by Gasteiger charge is -2.15. The second-order valence-corrected chi connectivity index (χ2v) is 7.46. The van der Waals surface area contributed by atoms with Crippen LogP contribution in [-0.2, 0) is 0 Å². The van der Waals surface area contributed by atoms with E-state index in [0.29, 0.717) is 28.5 Å². The average Bonchev–Trinajstić information content (AvgIpc) is 3.08. The van der Waals surface area contributed by atoms with Gasteiger partial charge in [0, 0.05) is 37.5 Å². The third-order valence-electron chi connectivity index (χ3n) is 4.60. The SMILES string of the molecule is Cc1ccc(NC(=O)n2nc(C)cc2NC(=O)c2ccc(C(=N)N(C)C)cc2C)nc1. The van der Waals surface area contributed by atoms with E-state index in [1.54, 1.807) is 69.4 Å². The van der Waals surface area contributed by atoms with Crippen LogP contribution < -0.4 is 10.6 Å². The first-order valence-corrected chi connectivity index (χ1v) is 9.64. The molecule has 0 saturated carbocycles. The highest BCUT2D eigenvalue weighted by atomic mass is 16.2. The molecule has 2 amide bonds. The number of amides is 2. The van der Waals surface area contributed by atoms with Crippen LogP contribution in [0.4, 0.5) is 16.4 Å². The molecular weight excluding hydrogens is 394 g/mol. The second kappa shape index (κ2) is 8.78. The van der Waals surface area contributed by atoms with Gasteiger partial charge in [-0.25, -0.2) is 9.78 Å². The molecule has 1 aromatic carbocycles. The molecule has 3 N–H and O–H groups in total. The van der Waals surface area contributed by atoms with Gasteiger partial charge in [0.05, 0.1) is 5.69 Å². The van der Waals surface area contributed by atoms with Crippen molar-refractivity contribution in [3.8, 4) is 0 Å². The molecule has 0 atom stereocenters. The van der Waals surface area contributed by atoms with Crippen molar-refractivity contribution in [1.29, 1.82) is 5.41 Å². The van der Waals surface area contributed by atoms with E-state index < -0.39 is 6.03 Å². The second-order valence-electron chi connectivity index (χ2n) is 7.46. The van der Waals surface area contributed by atoms with Crippen molar-refractivity contribution in [2.45, 2.75) is 20.8 Å². The lowest BCUT2D eigenvalue weighted by Crippen LogP contribution is -2.25. The molecule has 2 heterocycles. The molecule has 0 fully saturated rings. The summed E-state index contributed by atoms with van der Waals surface area (Å²) < 4.78 is 1.10. The van der Waals surface area contributed by atoms with Crippen LogP contribution in [0.5, 0.6) is 0 Å². The first-order valence-electron chi connectivity index (χ1n) is 9.64. The van der Waals surface area contributed by atoms with Crippen molar-refractivity contribution in [2.75, 3.05) is 24.7 Å². The van der Waals surface area contributed by atoms with Gasteiger partial charge in [-0.2, -0.15) is 9.78 Å². The number of benzene rings is 1. The maximum atomic E-state index is 12.9. The van der Waals surface area contributed by atoms with Crippen molar-refractivity contribution in [3.05, 3.63) is 70.5 Å². The van der Waals surface area contributed by atoms with Crippen LogP contribution in [0.3, 0.4) is 0 Å². The van der Waals surface area contributed by atoms with Crippen LogP contribution in [0, 0.1) is 26.2 Å². The molecule has 0 unspecified atom stereocenters. The summed E-state index contributed by atoms with van der Waals surface area (Å²) in [4.78, 5) is 31.4. The molecule has 0 aliphatic carbocycles. The molecule has 31 heavy (non-hydrogen) atoms. The van der Waals surface area contributed by atoms with Crippen molar-refractivity contribution in [2.24, 2.45) is 0 Å². The number of carbonyl (C=O) groups excluding carboxylic acids is 2. The average molecular weight is 419 g/mol. The smallest absolute Gasteiger partial charge is 0.349 e. The van der Waals surface area contributed by atoms with Crippen LogP contribution in [0.25, 0.3) is 0 Å². The summed E-state index contributed by atoms with van der Waals surface area (Å²) in [7, 11) is 3.58. The molecule has 0 aliphatic heterocycles. The molecule has 0 saturated heterocycles. The van der Waals surface area contributed by atoms with Crippen LogP contribution in [0.1, 0.15) is 32.7 Å². The van der Waals surface area contributed by atoms with Gasteiger partial charge in [-0.1, -0.05) is 12.1 Å². The Morgan fingerprint density at radius 2 is 1.77 bits per heavy atom. The summed E-state index contributed by atoms with van der Waals surface area (Å²) >= 11 is 0. The normalized spacial score (nSPS) is 10.5. The Bertz CT molecular complexity index is 1150. The number of anilines is 2. The Balaban J connectivity index is 1.80. The molecule has 0 bridgehead atoms. The molecule has 0 spiro atoms. The van der Waals surface area contributed by atoms with Crippen LogP contribution in [-0.4, -0.2) is 51.5 Å². The topological polar surface area (TPSA) is 116 Å². The highest BCUT2D eigenvalue weighted by Gasteiger charge is 2.18. The minimum absolute atomic E-state index is 0.247. The van der Waals surface area contributed by atoms with E-state index in [4.69, 9.17) is 5.41 Å². The number of amidine groups is 1. The molecule has 0 radical (unpaired) electrons. The van der Waals surface area contributed by atoms with Gasteiger partial charge in [0.15, 0.2) is 0 Å². The Morgan fingerprint density at radius 1 is 1.03 bits per heavy atom. The summed E-state index contributed by atoms with van der Waals surface area (Å²) in [6.45, 7) is 5.44. The molecule has 9 nitrogen and oxygen atoms in total. The van der Waals surface area contributed by atoms with E-state index in [1.165, 1.54) is 0 Å². The third-order valence-corrected chi connectivity index (χ3v) is 4.60. The molecule has 9 heteroatoms. The molecule has 3 rings (SSSR count). The van der Waals surface area contributed by atoms with E-state index in [1.807, 2.05) is 13.0 Å². The summed E-state index contributed by atoms with van der Waals surface area (Å²) in [6.07, 6.45) is 1.65. The van der Waals surface area contributed by atoms with Crippen molar-refractivity contribution in [1.82, 2.24) is 19.7 Å². The van der Waals surface area contributed by atoms with Gasteiger partial charge in [-0.3, -0.25) is 15.5 Å². The first kappa shape index (κ1) is 21.7. The Kier molecular flexibility index (Phi) is 6.15. The van der Waals surface area contributed by atoms with E-state index in [-0.39, 0.29) is 11.7 Å². The number of nitrogens with zero attached hydrogens (tertiary/aromatic N) is 4. The minimum Gasteiger partial charge on any atom is -0.363 e. The molecular formula is C22H25N7O2. The third kappa shape index (κ3) is 4.95. The van der Waals surface area contributed by atoms with E-state index in [2.05, 4.69) is 20.7 Å². The maximum absolute atomic E-state index is 12.9. The standard InChI is InChI=1S/C22H25N7O2/c1-13-6-9-18(24-12-13)25-22(31)29-19(11-15(3)27-29)26-21(30)17-8-7-16(10-14(17)2)20(23)28(4)5/h6-12,23H,1-5H3,(H,26,30)(H,24,25,31). The van der Waals surface area contributed by atoms with E-state index in [0.717, 1.165) is 15.8 Å². The Labute approximate surface area is 180 Å². The van der Waals surface area contributed by atoms with Crippen molar-refractivity contribution in [3.63, 3.8) is 0 Å². The number of hydrogen-bond acceptors (Lipinski definition) is 5. The Morgan fingerprint density at radius 3 is 2.39 bits per heavy atom. The monoisotopic (exact) mass is 419 g/mol. The molecule has 3 aromatic rings. The maximum Gasteiger partial charge on any atom is 0.349 e. The number of aryl methyl sites for hydroxylation is 3. The lowest BCUT2D eigenvalue weighted by atomic mass is 10.0. The molecule has 0 aliphatic rings. The van der Waals surface area contributed by atoms with Gasteiger partial charge < -0.3 is 10.2 Å². The number of carbonyl (C=O) groups is 2. The van der Waals surface area contributed by atoms with Crippen LogP contribution in [0.2, 0.25) is 0 Å². The summed E-state index contributed by atoms with van der Waals surface area (Å²) in [5.74, 6) is 0.611. The number of rotatable bonds is 4. The summed E-state index contributed by atoms with van der Waals surface area (Å²) in [5, 5.41) is 17.7. The fourth-order valence-corrected chi connectivity index (χ4v) is 2.96. The summed E-state index contributed by atoms with van der Waals surface area (Å²) in [6, 6.07) is 9.79. The van der Waals surface area contributed by atoms with Gasteiger partial charge in [0.25, 0.3) is 5.91 Å².